The summed E-state index contributed by atoms with van der Waals surface area (Å²) in [4.78, 5) is 65.3. The maximum Gasteiger partial charge on any atom is 0.415 e. The van der Waals surface area contributed by atoms with E-state index in [1.54, 1.807) is 6.92 Å². The van der Waals surface area contributed by atoms with Crippen molar-refractivity contribution in [1.82, 2.24) is 15.4 Å². The van der Waals surface area contributed by atoms with Gasteiger partial charge in [-0.1, -0.05) is 44.4 Å². The quantitative estimate of drug-likeness (QED) is 0.160. The second-order valence-corrected chi connectivity index (χ2v) is 13.9. The standard InChI is InChI=1S/C31H40N4O14S/c1-4-11-20(30(41)46-5-2)32-17(3)26(36)34-21-15-10-9-12-18(21)16-22(34)31(42)48-24(29(39)40)23(28(37)38)47-25-27(35(43)49-33-25)50(44,45)19-13-7-6-8-14-19/h6-8,13-14,17-18,20-24,32H,4-5,9-12,15-16H2,1-3H3,(H,37,38)(H,39,40)/t17-,18-,20-,21-,22?,23+,24-/m0/s1. The van der Waals surface area contributed by atoms with Crippen molar-refractivity contribution in [3.63, 3.8) is 0 Å². The lowest BCUT2D eigenvalue weighted by molar-refractivity contribution is -0.832. The largest absolute Gasteiger partial charge is 0.478 e. The molecule has 2 aromatic rings. The highest BCUT2D eigenvalue weighted by Crippen LogP contribution is 2.41. The summed E-state index contributed by atoms with van der Waals surface area (Å²) in [5.74, 6) is -7.67. The molecule has 50 heavy (non-hydrogen) atoms. The minimum absolute atomic E-state index is 0.0993. The lowest BCUT2D eigenvalue weighted by atomic mass is 9.84. The van der Waals surface area contributed by atoms with Crippen molar-refractivity contribution < 1.29 is 66.3 Å². The molecule has 1 aromatic carbocycles. The van der Waals surface area contributed by atoms with E-state index in [4.69, 9.17) is 14.2 Å². The molecule has 2 aliphatic rings. The SMILES string of the molecule is CCC[C@H](N[C@@H](C)C(=O)N1C(C(=O)O[C@H](C(=O)O)[C@@H](Oc2no[n+]([O-])c2S(=O)(=O)c2ccccc2)C(=O)O)C[C@@H]2CCCC[C@@H]21)C(=O)OCC. The van der Waals surface area contributed by atoms with Crippen LogP contribution in [0.25, 0.3) is 0 Å². The summed E-state index contributed by atoms with van der Waals surface area (Å²) in [6, 6.07) is 2.94. The molecule has 1 saturated carbocycles. The third-order valence-corrected chi connectivity index (χ3v) is 10.4. The van der Waals surface area contributed by atoms with Crippen molar-refractivity contribution in [3.05, 3.63) is 35.5 Å². The number of esters is 2. The number of nitrogens with zero attached hydrogens (tertiary/aromatic N) is 3. The van der Waals surface area contributed by atoms with E-state index in [2.05, 4.69) is 15.1 Å². The highest BCUT2D eigenvalue weighted by Gasteiger charge is 2.51. The number of hydrogen-bond donors (Lipinski definition) is 3. The van der Waals surface area contributed by atoms with E-state index in [0.29, 0.717) is 25.7 Å². The molecule has 1 aliphatic carbocycles. The number of rotatable bonds is 16. The summed E-state index contributed by atoms with van der Waals surface area (Å²) < 4.78 is 46.2. The summed E-state index contributed by atoms with van der Waals surface area (Å²) in [5, 5.41) is 37.2. The van der Waals surface area contributed by atoms with E-state index < -0.39 is 96.7 Å². The first-order chi connectivity index (χ1) is 23.7. The Kier molecular flexibility index (Phi) is 12.4. The van der Waals surface area contributed by atoms with Crippen molar-refractivity contribution >= 4 is 39.6 Å². The first kappa shape index (κ1) is 38.0. The van der Waals surface area contributed by atoms with Crippen LogP contribution in [-0.4, -0.2) is 101 Å². The molecular formula is C31H40N4O14S. The molecule has 2 heterocycles. The Bertz CT molecular complexity index is 1670. The molecule has 18 nitrogen and oxygen atoms in total. The van der Waals surface area contributed by atoms with E-state index >= 15 is 0 Å². The van der Waals surface area contributed by atoms with Crippen molar-refractivity contribution in [1.29, 1.82) is 0 Å². The molecule has 2 fully saturated rings. The van der Waals surface area contributed by atoms with Crippen LogP contribution in [0.5, 0.6) is 5.88 Å². The minimum Gasteiger partial charge on any atom is -0.478 e. The molecule has 3 N–H and O–H groups in total. The Morgan fingerprint density at radius 3 is 2.36 bits per heavy atom. The van der Waals surface area contributed by atoms with Crippen molar-refractivity contribution in [3.8, 4) is 5.88 Å². The molecule has 1 aromatic heterocycles. The molecule has 7 atom stereocenters. The van der Waals surface area contributed by atoms with E-state index in [-0.39, 0.29) is 18.9 Å². The molecule has 1 amide bonds. The van der Waals surface area contributed by atoms with Crippen molar-refractivity contribution in [2.45, 2.75) is 112 Å². The van der Waals surface area contributed by atoms with Crippen LogP contribution in [0.4, 0.5) is 0 Å². The van der Waals surface area contributed by atoms with Gasteiger partial charge in [0.05, 0.1) is 22.7 Å². The van der Waals surface area contributed by atoms with Gasteiger partial charge in [-0.05, 0) is 62.5 Å². The Labute approximate surface area is 287 Å². The van der Waals surface area contributed by atoms with Crippen LogP contribution in [0, 0.1) is 11.1 Å². The van der Waals surface area contributed by atoms with Crippen LogP contribution in [-0.2, 0) is 43.3 Å². The number of carbonyl (C=O) groups is 5. The van der Waals surface area contributed by atoms with Crippen LogP contribution >= 0.6 is 0 Å². The normalized spacial score (nSPS) is 21.3. The maximum absolute atomic E-state index is 13.9. The first-order valence-electron chi connectivity index (χ1n) is 16.2. The Hall–Kier alpha value is -4.78. The second-order valence-electron chi connectivity index (χ2n) is 12.0. The number of likely N-dealkylation sites (tertiary alicyclic amines) is 1. The lowest BCUT2D eigenvalue weighted by Gasteiger charge is -2.36. The number of nitrogens with one attached hydrogen (secondary N) is 1. The van der Waals surface area contributed by atoms with E-state index in [1.807, 2.05) is 6.92 Å². The molecular weight excluding hydrogens is 684 g/mol. The topological polar surface area (TPSA) is 256 Å². The van der Waals surface area contributed by atoms with Gasteiger partial charge in [-0.3, -0.25) is 19.5 Å². The summed E-state index contributed by atoms with van der Waals surface area (Å²) in [7, 11) is -4.73. The third-order valence-electron chi connectivity index (χ3n) is 8.68. The van der Waals surface area contributed by atoms with Crippen LogP contribution in [0.2, 0.25) is 0 Å². The van der Waals surface area contributed by atoms with E-state index in [9.17, 15) is 47.8 Å². The number of aromatic nitrogens is 2. The zero-order valence-corrected chi connectivity index (χ0v) is 28.4. The number of amides is 1. The Morgan fingerprint density at radius 1 is 1.08 bits per heavy atom. The Balaban J connectivity index is 1.61. The van der Waals surface area contributed by atoms with Gasteiger partial charge in [-0.25, -0.2) is 22.8 Å². The molecule has 274 valence electrons. The highest BCUT2D eigenvalue weighted by molar-refractivity contribution is 7.91. The van der Waals surface area contributed by atoms with Crippen LogP contribution in [0.3, 0.4) is 0 Å². The zero-order chi connectivity index (χ0) is 36.7. The summed E-state index contributed by atoms with van der Waals surface area (Å²) in [5.41, 5.74) is 0. The predicted molar refractivity (Wildman–Crippen MR) is 166 cm³/mol. The molecule has 0 spiro atoms. The monoisotopic (exact) mass is 724 g/mol. The number of carbonyl (C=O) groups excluding carboxylic acids is 3. The molecule has 0 bridgehead atoms. The van der Waals surface area contributed by atoms with Crippen LogP contribution in [0.15, 0.2) is 44.9 Å². The predicted octanol–water partition coefficient (Wildman–Crippen LogP) is 0.839. The van der Waals surface area contributed by atoms with Gasteiger partial charge in [0.15, 0.2) is 0 Å². The van der Waals surface area contributed by atoms with Gasteiger partial charge in [-0.2, -0.15) is 0 Å². The smallest absolute Gasteiger partial charge is 0.415 e. The van der Waals surface area contributed by atoms with Gasteiger partial charge in [0, 0.05) is 6.04 Å². The van der Waals surface area contributed by atoms with Crippen LogP contribution < -0.4 is 15.0 Å². The van der Waals surface area contributed by atoms with Gasteiger partial charge in [-0.15, -0.1) is 0 Å². The summed E-state index contributed by atoms with van der Waals surface area (Å²) >= 11 is 0. The number of fused-ring (bicyclic) bond motifs is 1. The third kappa shape index (κ3) is 8.15. The summed E-state index contributed by atoms with van der Waals surface area (Å²) in [6.45, 7) is 5.17. The molecule has 1 unspecified atom stereocenters. The lowest BCUT2D eigenvalue weighted by Crippen LogP contribution is -2.56. The number of carboxylic acids is 2. The zero-order valence-electron chi connectivity index (χ0n) is 27.6. The average molecular weight is 725 g/mol. The number of ether oxygens (including phenoxy) is 3. The van der Waals surface area contributed by atoms with Crippen molar-refractivity contribution in [2.75, 3.05) is 6.61 Å². The molecule has 19 heteroatoms. The number of aliphatic carboxylic acids is 2. The molecule has 4 rings (SSSR count). The number of benzene rings is 1. The number of hydrogen-bond acceptors (Lipinski definition) is 14. The molecule has 1 saturated heterocycles. The first-order valence-corrected chi connectivity index (χ1v) is 17.7. The second kappa shape index (κ2) is 16.3. The van der Waals surface area contributed by atoms with Crippen molar-refractivity contribution in [2.24, 2.45) is 5.92 Å². The Morgan fingerprint density at radius 2 is 1.74 bits per heavy atom. The average Bonchev–Trinajstić information content (AvgIpc) is 3.66. The van der Waals surface area contributed by atoms with Gasteiger partial charge < -0.3 is 34.5 Å². The highest BCUT2D eigenvalue weighted by atomic mass is 32.2. The fraction of sp³-hybridized carbons (Fsp3) is 0.581. The summed E-state index contributed by atoms with van der Waals surface area (Å²) in [6.07, 6.45) is -1.34. The number of carboxylic acid groups (broad SMARTS) is 2. The van der Waals surface area contributed by atoms with Gasteiger partial charge in [0.2, 0.25) is 18.1 Å². The van der Waals surface area contributed by atoms with Gasteiger partial charge in [0.25, 0.3) is 9.84 Å². The van der Waals surface area contributed by atoms with Gasteiger partial charge >= 0.3 is 34.8 Å². The van der Waals surface area contributed by atoms with E-state index in [0.717, 1.165) is 25.0 Å². The molecule has 0 radical (unpaired) electrons. The van der Waals surface area contributed by atoms with E-state index in [1.165, 1.54) is 30.0 Å². The van der Waals surface area contributed by atoms with Crippen LogP contribution in [0.1, 0.15) is 65.7 Å². The fourth-order valence-electron chi connectivity index (χ4n) is 6.42. The molecule has 1 aliphatic heterocycles. The minimum atomic E-state index is -4.73. The number of sulfone groups is 1. The van der Waals surface area contributed by atoms with Gasteiger partial charge in [0.1, 0.15) is 12.1 Å². The maximum atomic E-state index is 13.9. The fourth-order valence-corrected chi connectivity index (χ4v) is 7.70.